The van der Waals surface area contributed by atoms with Crippen LogP contribution in [0.15, 0.2) is 22.7 Å². The highest BCUT2D eigenvalue weighted by Crippen LogP contribution is 2.26. The molecule has 1 N–H and O–H groups in total. The molecule has 1 amide bonds. The lowest BCUT2D eigenvalue weighted by Gasteiger charge is -2.21. The number of anilines is 1. The van der Waals surface area contributed by atoms with E-state index in [-0.39, 0.29) is 5.91 Å². The van der Waals surface area contributed by atoms with E-state index in [0.29, 0.717) is 5.88 Å². The molecule has 0 heterocycles. The van der Waals surface area contributed by atoms with Gasteiger partial charge in [0.2, 0.25) is 5.91 Å². The molecule has 0 fully saturated rings. The molecule has 1 aromatic rings. The molecule has 0 radical (unpaired) electrons. The van der Waals surface area contributed by atoms with E-state index in [9.17, 15) is 4.79 Å². The summed E-state index contributed by atoms with van der Waals surface area (Å²) < 4.78 is 0.981. The van der Waals surface area contributed by atoms with Gasteiger partial charge in [-0.15, -0.1) is 11.6 Å². The molecule has 1 rings (SSSR count). The third-order valence-corrected chi connectivity index (χ3v) is 3.99. The molecule has 0 aromatic heterocycles. The number of carbonyl (C=O) groups excluding carboxylic acids is 1. The van der Waals surface area contributed by atoms with Crippen LogP contribution in [0.1, 0.15) is 19.4 Å². The van der Waals surface area contributed by atoms with Gasteiger partial charge in [0.15, 0.2) is 0 Å². The first-order valence-electron chi connectivity index (χ1n) is 5.01. The average molecular weight is 305 g/mol. The van der Waals surface area contributed by atoms with Crippen molar-refractivity contribution in [3.8, 4) is 0 Å². The van der Waals surface area contributed by atoms with Crippen LogP contribution in [0.3, 0.4) is 0 Å². The fourth-order valence-electron chi connectivity index (χ4n) is 1.10. The van der Waals surface area contributed by atoms with E-state index in [4.69, 9.17) is 11.6 Å². The fraction of sp³-hybridized carbons (Fsp3) is 0.417. The van der Waals surface area contributed by atoms with Crippen molar-refractivity contribution in [2.24, 2.45) is 5.41 Å². The van der Waals surface area contributed by atoms with Gasteiger partial charge in [-0.2, -0.15) is 0 Å². The summed E-state index contributed by atoms with van der Waals surface area (Å²) in [5.41, 5.74) is 1.27. The van der Waals surface area contributed by atoms with Gasteiger partial charge >= 0.3 is 0 Å². The molecule has 88 valence electrons. The molecule has 0 unspecified atom stereocenters. The number of nitrogens with one attached hydrogen (secondary N) is 1. The summed E-state index contributed by atoms with van der Waals surface area (Å²) in [6.45, 7) is 5.60. The zero-order valence-corrected chi connectivity index (χ0v) is 11.9. The number of hydrogen-bond acceptors (Lipinski definition) is 1. The molecule has 0 atom stereocenters. The van der Waals surface area contributed by atoms with E-state index in [1.807, 2.05) is 39.0 Å². The SMILES string of the molecule is Cc1c(Br)cccc1NC(=O)C(C)(C)CCl. The minimum Gasteiger partial charge on any atom is -0.325 e. The Kier molecular flexibility index (Phi) is 4.39. The monoisotopic (exact) mass is 303 g/mol. The lowest BCUT2D eigenvalue weighted by Crippen LogP contribution is -2.32. The topological polar surface area (TPSA) is 29.1 Å². The van der Waals surface area contributed by atoms with Gasteiger partial charge in [-0.05, 0) is 38.5 Å². The van der Waals surface area contributed by atoms with Crippen LogP contribution >= 0.6 is 27.5 Å². The molecule has 0 aliphatic carbocycles. The first-order valence-corrected chi connectivity index (χ1v) is 6.34. The summed E-state index contributed by atoms with van der Waals surface area (Å²) >= 11 is 9.18. The second kappa shape index (κ2) is 5.19. The summed E-state index contributed by atoms with van der Waals surface area (Å²) in [4.78, 5) is 11.9. The zero-order valence-electron chi connectivity index (χ0n) is 9.60. The van der Waals surface area contributed by atoms with Crippen LogP contribution in [0.5, 0.6) is 0 Å². The quantitative estimate of drug-likeness (QED) is 0.841. The van der Waals surface area contributed by atoms with E-state index in [1.54, 1.807) is 0 Å². The van der Waals surface area contributed by atoms with Crippen LogP contribution in [0.2, 0.25) is 0 Å². The third-order valence-electron chi connectivity index (χ3n) is 2.46. The number of carbonyl (C=O) groups is 1. The molecule has 4 heteroatoms. The largest absolute Gasteiger partial charge is 0.325 e. The zero-order chi connectivity index (χ0) is 12.3. The lowest BCUT2D eigenvalue weighted by atomic mass is 9.95. The van der Waals surface area contributed by atoms with Crippen LogP contribution in [-0.2, 0) is 4.79 Å². The molecule has 1 aromatic carbocycles. The Bertz CT molecular complexity index is 404. The Hall–Kier alpha value is -0.540. The molecular formula is C12H15BrClNO. The summed E-state index contributed by atoms with van der Waals surface area (Å²) in [5.74, 6) is 0.231. The Labute approximate surface area is 110 Å². The van der Waals surface area contributed by atoms with Crippen molar-refractivity contribution in [2.45, 2.75) is 20.8 Å². The van der Waals surface area contributed by atoms with Crippen LogP contribution in [0.25, 0.3) is 0 Å². The van der Waals surface area contributed by atoms with Crippen molar-refractivity contribution < 1.29 is 4.79 Å². The van der Waals surface area contributed by atoms with Crippen molar-refractivity contribution in [3.63, 3.8) is 0 Å². The van der Waals surface area contributed by atoms with Gasteiger partial charge in [0.05, 0.1) is 5.41 Å². The molecule has 2 nitrogen and oxygen atoms in total. The van der Waals surface area contributed by atoms with E-state index >= 15 is 0 Å². The van der Waals surface area contributed by atoms with Crippen LogP contribution in [-0.4, -0.2) is 11.8 Å². The van der Waals surface area contributed by atoms with Crippen molar-refractivity contribution in [2.75, 3.05) is 11.2 Å². The molecular weight excluding hydrogens is 289 g/mol. The first kappa shape index (κ1) is 13.5. The highest BCUT2D eigenvalue weighted by molar-refractivity contribution is 9.10. The summed E-state index contributed by atoms with van der Waals surface area (Å²) in [6.07, 6.45) is 0. The minimum absolute atomic E-state index is 0.0660. The van der Waals surface area contributed by atoms with Crippen LogP contribution < -0.4 is 5.32 Å². The molecule has 16 heavy (non-hydrogen) atoms. The minimum atomic E-state index is -0.559. The maximum atomic E-state index is 11.9. The average Bonchev–Trinajstić information content (AvgIpc) is 2.24. The maximum Gasteiger partial charge on any atom is 0.231 e. The molecule has 0 saturated heterocycles. The van der Waals surface area contributed by atoms with Gasteiger partial charge in [-0.1, -0.05) is 22.0 Å². The predicted molar refractivity (Wildman–Crippen MR) is 72.0 cm³/mol. The summed E-state index contributed by atoms with van der Waals surface area (Å²) in [6, 6.07) is 5.71. The van der Waals surface area contributed by atoms with Crippen molar-refractivity contribution >= 4 is 39.1 Å². The summed E-state index contributed by atoms with van der Waals surface area (Å²) in [7, 11) is 0. The van der Waals surface area contributed by atoms with E-state index in [1.165, 1.54) is 0 Å². The molecule has 0 spiro atoms. The fourth-order valence-corrected chi connectivity index (χ4v) is 1.58. The Morgan fingerprint density at radius 1 is 1.50 bits per heavy atom. The van der Waals surface area contributed by atoms with E-state index in [2.05, 4.69) is 21.2 Å². The lowest BCUT2D eigenvalue weighted by molar-refractivity contribution is -0.122. The Balaban J connectivity index is 2.90. The van der Waals surface area contributed by atoms with Gasteiger partial charge in [0.25, 0.3) is 0 Å². The molecule has 0 aliphatic rings. The number of rotatable bonds is 3. The highest BCUT2D eigenvalue weighted by Gasteiger charge is 2.26. The maximum absolute atomic E-state index is 11.9. The van der Waals surface area contributed by atoms with E-state index in [0.717, 1.165) is 15.7 Å². The second-order valence-corrected chi connectivity index (χ2v) is 5.51. The number of halogens is 2. The molecule has 0 saturated carbocycles. The standard InChI is InChI=1S/C12H15BrClNO/c1-8-9(13)5-4-6-10(8)15-11(16)12(2,3)7-14/h4-6H,7H2,1-3H3,(H,15,16). The number of benzene rings is 1. The number of amides is 1. The molecule has 0 aliphatic heterocycles. The Morgan fingerprint density at radius 2 is 2.12 bits per heavy atom. The van der Waals surface area contributed by atoms with Crippen molar-refractivity contribution in [1.82, 2.24) is 0 Å². The summed E-state index contributed by atoms with van der Waals surface area (Å²) in [5, 5.41) is 2.89. The second-order valence-electron chi connectivity index (χ2n) is 4.38. The van der Waals surface area contributed by atoms with Gasteiger partial charge in [-0.3, -0.25) is 4.79 Å². The van der Waals surface area contributed by atoms with Crippen molar-refractivity contribution in [1.29, 1.82) is 0 Å². The highest BCUT2D eigenvalue weighted by atomic mass is 79.9. The number of hydrogen-bond donors (Lipinski definition) is 1. The van der Waals surface area contributed by atoms with E-state index < -0.39 is 5.41 Å². The van der Waals surface area contributed by atoms with Crippen LogP contribution in [0.4, 0.5) is 5.69 Å². The number of alkyl halides is 1. The Morgan fingerprint density at radius 3 is 2.69 bits per heavy atom. The first-order chi connectivity index (χ1) is 7.38. The smallest absolute Gasteiger partial charge is 0.231 e. The van der Waals surface area contributed by atoms with Crippen molar-refractivity contribution in [3.05, 3.63) is 28.2 Å². The van der Waals surface area contributed by atoms with Gasteiger partial charge < -0.3 is 5.32 Å². The normalized spacial score (nSPS) is 11.3. The van der Waals surface area contributed by atoms with Gasteiger partial charge in [-0.25, -0.2) is 0 Å². The third kappa shape index (κ3) is 2.98. The van der Waals surface area contributed by atoms with Gasteiger partial charge in [0, 0.05) is 16.0 Å². The predicted octanol–water partition coefficient (Wildman–Crippen LogP) is 3.96. The molecule has 0 bridgehead atoms. The van der Waals surface area contributed by atoms with Crippen LogP contribution in [0, 0.1) is 12.3 Å². The van der Waals surface area contributed by atoms with Gasteiger partial charge in [0.1, 0.15) is 0 Å².